The number of sulfonamides is 1. The van der Waals surface area contributed by atoms with Crippen LogP contribution in [0.2, 0.25) is 0 Å². The Hall–Kier alpha value is -0.430. The van der Waals surface area contributed by atoms with Gasteiger partial charge in [-0.2, -0.15) is 0 Å². The Morgan fingerprint density at radius 2 is 2.07 bits per heavy atom. The van der Waals surface area contributed by atoms with Crippen molar-refractivity contribution in [1.29, 1.82) is 0 Å². The van der Waals surface area contributed by atoms with Crippen molar-refractivity contribution in [2.45, 2.75) is 39.2 Å². The molecule has 0 bridgehead atoms. The van der Waals surface area contributed by atoms with Crippen molar-refractivity contribution >= 4 is 51.3 Å². The summed E-state index contributed by atoms with van der Waals surface area (Å²) in [6, 6.07) is 4.69. The van der Waals surface area contributed by atoms with Gasteiger partial charge in [-0.25, -0.2) is 12.7 Å². The average molecular weight is 572 g/mol. The highest BCUT2D eigenvalue weighted by Gasteiger charge is 2.25. The fourth-order valence-electron chi connectivity index (χ4n) is 3.51. The molecule has 1 fully saturated rings. The number of guanidine groups is 1. The van der Waals surface area contributed by atoms with E-state index in [-0.39, 0.29) is 29.7 Å². The molecule has 30 heavy (non-hydrogen) atoms. The second-order valence-electron chi connectivity index (χ2n) is 7.71. The van der Waals surface area contributed by atoms with Crippen LogP contribution in [0.3, 0.4) is 0 Å². The van der Waals surface area contributed by atoms with Gasteiger partial charge in [0.25, 0.3) is 0 Å². The predicted molar refractivity (Wildman–Crippen MR) is 139 cm³/mol. The van der Waals surface area contributed by atoms with Gasteiger partial charge in [0.1, 0.15) is 0 Å². The van der Waals surface area contributed by atoms with Gasteiger partial charge >= 0.3 is 0 Å². The molecule has 174 valence electrons. The molecule has 0 amide bonds. The minimum atomic E-state index is -3.11. The summed E-state index contributed by atoms with van der Waals surface area (Å²) in [5.41, 5.74) is 0. The summed E-state index contributed by atoms with van der Waals surface area (Å²) < 4.78 is 25.0. The molecule has 2 rings (SSSR count). The van der Waals surface area contributed by atoms with Crippen LogP contribution in [0.1, 0.15) is 44.0 Å². The van der Waals surface area contributed by atoms with Gasteiger partial charge in [0, 0.05) is 38.6 Å². The lowest BCUT2D eigenvalue weighted by atomic mass is 9.97. The molecule has 1 atom stereocenters. The molecule has 1 unspecified atom stereocenters. The monoisotopic (exact) mass is 571 g/mol. The van der Waals surface area contributed by atoms with Crippen molar-refractivity contribution in [2.24, 2.45) is 10.9 Å². The fourth-order valence-corrected chi connectivity index (χ4v) is 5.22. The predicted octanol–water partition coefficient (Wildman–Crippen LogP) is 2.98. The second kappa shape index (κ2) is 13.9. The van der Waals surface area contributed by atoms with Crippen molar-refractivity contribution in [1.82, 2.24) is 19.8 Å². The minimum absolute atomic E-state index is 0. The van der Waals surface area contributed by atoms with Crippen molar-refractivity contribution in [3.8, 4) is 0 Å². The first-order valence-corrected chi connectivity index (χ1v) is 13.0. The molecule has 1 saturated heterocycles. The Bertz CT molecular complexity index is 720. The van der Waals surface area contributed by atoms with E-state index in [9.17, 15) is 8.42 Å². The molecule has 1 aliphatic rings. The first kappa shape index (κ1) is 27.6. The van der Waals surface area contributed by atoms with E-state index in [0.717, 1.165) is 37.9 Å². The normalized spacial score (nSPS) is 17.6. The number of hydrogen-bond donors (Lipinski definition) is 2. The van der Waals surface area contributed by atoms with Gasteiger partial charge in [0.05, 0.1) is 11.8 Å². The van der Waals surface area contributed by atoms with Crippen LogP contribution in [-0.2, 0) is 10.0 Å². The average Bonchev–Trinajstić information content (AvgIpc) is 3.25. The van der Waals surface area contributed by atoms with Gasteiger partial charge in [0.2, 0.25) is 10.0 Å². The maximum absolute atomic E-state index is 11.8. The summed E-state index contributed by atoms with van der Waals surface area (Å²) >= 11 is 1.81. The van der Waals surface area contributed by atoms with Gasteiger partial charge < -0.3 is 10.6 Å². The standard InChI is InChI=1S/C20H37N5O2S2.HI/c1-5-29(26,27)24(4)12-7-11-22-20(21-3)23-16-18(19-8-6-15-28-19)25-13-9-17(2)10-14-25;/h6,8,15,17-18H,5,7,9-14,16H2,1-4H3,(H2,21,22,23);1H. The number of nitrogens with one attached hydrogen (secondary N) is 2. The summed E-state index contributed by atoms with van der Waals surface area (Å²) in [4.78, 5) is 8.29. The van der Waals surface area contributed by atoms with Crippen molar-refractivity contribution in [3.63, 3.8) is 0 Å². The van der Waals surface area contributed by atoms with Crippen LogP contribution >= 0.6 is 35.3 Å². The third-order valence-electron chi connectivity index (χ3n) is 5.60. The van der Waals surface area contributed by atoms with E-state index in [4.69, 9.17) is 0 Å². The number of rotatable bonds is 10. The molecular weight excluding hydrogens is 533 g/mol. The van der Waals surface area contributed by atoms with E-state index in [0.29, 0.717) is 19.1 Å². The zero-order chi connectivity index (χ0) is 21.3. The maximum atomic E-state index is 11.8. The molecule has 0 saturated carbocycles. The smallest absolute Gasteiger partial charge is 0.213 e. The highest BCUT2D eigenvalue weighted by atomic mass is 127. The zero-order valence-corrected chi connectivity index (χ0v) is 22.6. The van der Waals surface area contributed by atoms with Crippen LogP contribution < -0.4 is 10.6 Å². The lowest BCUT2D eigenvalue weighted by Crippen LogP contribution is -2.45. The Labute approximate surface area is 203 Å². The number of likely N-dealkylation sites (tertiary alicyclic amines) is 1. The van der Waals surface area contributed by atoms with E-state index in [2.05, 4.69) is 45.0 Å². The molecule has 7 nitrogen and oxygen atoms in total. The SMILES string of the molecule is CCS(=O)(=O)N(C)CCCNC(=NC)NCC(c1cccs1)N1CCC(C)CC1.I. The summed E-state index contributed by atoms with van der Waals surface area (Å²) in [5.74, 6) is 1.71. The Kier molecular flexibility index (Phi) is 12.8. The Morgan fingerprint density at radius 3 is 2.63 bits per heavy atom. The van der Waals surface area contributed by atoms with Crippen LogP contribution in [0, 0.1) is 5.92 Å². The van der Waals surface area contributed by atoms with Crippen LogP contribution in [0.5, 0.6) is 0 Å². The number of halogens is 1. The zero-order valence-electron chi connectivity index (χ0n) is 18.6. The Balaban J connectivity index is 0.00000450. The van der Waals surface area contributed by atoms with Gasteiger partial charge in [-0.15, -0.1) is 35.3 Å². The van der Waals surface area contributed by atoms with Crippen molar-refractivity contribution < 1.29 is 8.42 Å². The highest BCUT2D eigenvalue weighted by molar-refractivity contribution is 14.0. The molecule has 0 aliphatic carbocycles. The summed E-state index contributed by atoms with van der Waals surface area (Å²) in [6.07, 6.45) is 3.24. The molecule has 1 aromatic heterocycles. The van der Waals surface area contributed by atoms with Crippen LogP contribution in [0.4, 0.5) is 0 Å². The van der Waals surface area contributed by atoms with Gasteiger partial charge in [-0.1, -0.05) is 13.0 Å². The van der Waals surface area contributed by atoms with Crippen LogP contribution in [-0.4, -0.2) is 76.2 Å². The lowest BCUT2D eigenvalue weighted by Gasteiger charge is -2.36. The Morgan fingerprint density at radius 1 is 1.37 bits per heavy atom. The lowest BCUT2D eigenvalue weighted by molar-refractivity contribution is 0.140. The fraction of sp³-hybridized carbons (Fsp3) is 0.750. The first-order chi connectivity index (χ1) is 13.9. The number of nitrogens with zero attached hydrogens (tertiary/aromatic N) is 3. The van der Waals surface area contributed by atoms with Gasteiger partial charge in [0.15, 0.2) is 5.96 Å². The second-order valence-corrected chi connectivity index (χ2v) is 11.0. The van der Waals surface area contributed by atoms with Gasteiger partial charge in [-0.3, -0.25) is 9.89 Å². The highest BCUT2D eigenvalue weighted by Crippen LogP contribution is 2.29. The first-order valence-electron chi connectivity index (χ1n) is 10.5. The molecule has 0 spiro atoms. The van der Waals surface area contributed by atoms with Crippen LogP contribution in [0.15, 0.2) is 22.5 Å². The molecular formula is C20H38IN5O2S2. The maximum Gasteiger partial charge on any atom is 0.213 e. The number of hydrogen-bond acceptors (Lipinski definition) is 5. The molecule has 1 aliphatic heterocycles. The van der Waals surface area contributed by atoms with E-state index in [1.165, 1.54) is 22.0 Å². The molecule has 10 heteroatoms. The largest absolute Gasteiger partial charge is 0.356 e. The third kappa shape index (κ3) is 8.60. The van der Waals surface area contributed by atoms with Crippen molar-refractivity contribution in [3.05, 3.63) is 22.4 Å². The number of piperidine rings is 1. The topological polar surface area (TPSA) is 77.0 Å². The van der Waals surface area contributed by atoms with E-state index in [1.807, 2.05) is 11.3 Å². The molecule has 1 aromatic rings. The third-order valence-corrected chi connectivity index (χ3v) is 8.43. The van der Waals surface area contributed by atoms with E-state index >= 15 is 0 Å². The van der Waals surface area contributed by atoms with Gasteiger partial charge in [-0.05, 0) is 56.6 Å². The van der Waals surface area contributed by atoms with E-state index < -0.39 is 10.0 Å². The summed E-state index contributed by atoms with van der Waals surface area (Å²) in [7, 11) is 0.293. The molecule has 2 heterocycles. The summed E-state index contributed by atoms with van der Waals surface area (Å²) in [6.45, 7) is 8.26. The number of thiophene rings is 1. The van der Waals surface area contributed by atoms with Crippen molar-refractivity contribution in [2.75, 3.05) is 52.6 Å². The van der Waals surface area contributed by atoms with Crippen LogP contribution in [0.25, 0.3) is 0 Å². The molecule has 0 radical (unpaired) electrons. The minimum Gasteiger partial charge on any atom is -0.356 e. The molecule has 2 N–H and O–H groups in total. The van der Waals surface area contributed by atoms with E-state index in [1.54, 1.807) is 21.0 Å². The molecule has 0 aromatic carbocycles. The number of aliphatic imine (C=N–C) groups is 1. The quantitative estimate of drug-likeness (QED) is 0.196. The summed E-state index contributed by atoms with van der Waals surface area (Å²) in [5, 5.41) is 8.92.